The lowest BCUT2D eigenvalue weighted by molar-refractivity contribution is -0.151. The van der Waals surface area contributed by atoms with E-state index < -0.39 is 18.2 Å². The Morgan fingerprint density at radius 3 is 1.32 bits per heavy atom. The van der Waals surface area contributed by atoms with Crippen LogP contribution in [-0.4, -0.2) is 46.9 Å². The molecule has 0 saturated carbocycles. The fraction of sp³-hybridized carbons (Fsp3) is 0.880. The second kappa shape index (κ2) is 44.4. The molecule has 0 aromatic heterocycles. The van der Waals surface area contributed by atoms with Crippen molar-refractivity contribution in [2.75, 3.05) is 6.61 Å². The lowest BCUT2D eigenvalue weighted by Crippen LogP contribution is -2.46. The average molecular weight is 790 g/mol. The van der Waals surface area contributed by atoms with Gasteiger partial charge in [-0.25, -0.2) is 0 Å². The van der Waals surface area contributed by atoms with Gasteiger partial charge in [-0.3, -0.25) is 9.59 Å². The number of nitrogens with one attached hydrogen (secondary N) is 1. The highest BCUT2D eigenvalue weighted by atomic mass is 16.5. The predicted molar refractivity (Wildman–Crippen MR) is 241 cm³/mol. The lowest BCUT2D eigenvalue weighted by Gasteiger charge is -2.24. The number of hydrogen-bond donors (Lipinski definition) is 3. The van der Waals surface area contributed by atoms with E-state index in [1.807, 2.05) is 0 Å². The molecule has 56 heavy (non-hydrogen) atoms. The summed E-state index contributed by atoms with van der Waals surface area (Å²) in [7, 11) is 0. The van der Waals surface area contributed by atoms with Crippen molar-refractivity contribution in [3.8, 4) is 0 Å². The molecule has 6 heteroatoms. The highest BCUT2D eigenvalue weighted by Crippen LogP contribution is 2.17. The van der Waals surface area contributed by atoms with Gasteiger partial charge < -0.3 is 20.3 Å². The minimum absolute atomic E-state index is 0.0682. The SMILES string of the molecule is CCCCC/C=C\CCCCCC(CC(=O)NC(CO)C(O)CCCCCCCCCCCC)OC(=O)CCCCCCCCC/C=C/CCCCCCCC. The van der Waals surface area contributed by atoms with E-state index in [1.54, 1.807) is 0 Å². The zero-order valence-corrected chi connectivity index (χ0v) is 37.5. The molecule has 0 radical (unpaired) electrons. The minimum Gasteiger partial charge on any atom is -0.462 e. The summed E-state index contributed by atoms with van der Waals surface area (Å²) in [6.07, 6.45) is 49.6. The summed E-state index contributed by atoms with van der Waals surface area (Å²) in [5.74, 6) is -0.488. The van der Waals surface area contributed by atoms with Crippen LogP contribution in [0.3, 0.4) is 0 Å². The van der Waals surface area contributed by atoms with Crippen LogP contribution in [-0.2, 0) is 14.3 Å². The Morgan fingerprint density at radius 1 is 0.500 bits per heavy atom. The van der Waals surface area contributed by atoms with E-state index in [9.17, 15) is 19.8 Å². The number of aliphatic hydroxyl groups excluding tert-OH is 2. The summed E-state index contributed by atoms with van der Waals surface area (Å²) < 4.78 is 5.90. The lowest BCUT2D eigenvalue weighted by atomic mass is 10.0. The van der Waals surface area contributed by atoms with Gasteiger partial charge >= 0.3 is 5.97 Å². The van der Waals surface area contributed by atoms with E-state index in [4.69, 9.17) is 4.74 Å². The van der Waals surface area contributed by atoms with E-state index in [-0.39, 0.29) is 24.9 Å². The Bertz CT molecular complexity index is 889. The number of carbonyl (C=O) groups excluding carboxylic acids is 2. The van der Waals surface area contributed by atoms with Crippen LogP contribution in [0.25, 0.3) is 0 Å². The molecule has 1 amide bonds. The first-order valence-corrected chi connectivity index (χ1v) is 24.6. The molecule has 3 unspecified atom stereocenters. The number of aliphatic hydroxyl groups is 2. The zero-order chi connectivity index (χ0) is 41.0. The molecular weight excluding hydrogens is 695 g/mol. The third-order valence-electron chi connectivity index (χ3n) is 11.3. The molecule has 3 atom stereocenters. The van der Waals surface area contributed by atoms with E-state index in [1.165, 1.54) is 141 Å². The van der Waals surface area contributed by atoms with Crippen LogP contribution in [0.5, 0.6) is 0 Å². The van der Waals surface area contributed by atoms with Crippen molar-refractivity contribution in [1.29, 1.82) is 0 Å². The first-order valence-electron chi connectivity index (χ1n) is 24.6. The van der Waals surface area contributed by atoms with Crippen LogP contribution in [0.4, 0.5) is 0 Å². The monoisotopic (exact) mass is 790 g/mol. The fourth-order valence-corrected chi connectivity index (χ4v) is 7.48. The Labute approximate surface area is 348 Å². The summed E-state index contributed by atoms with van der Waals surface area (Å²) in [5.41, 5.74) is 0. The van der Waals surface area contributed by atoms with Crippen LogP contribution < -0.4 is 5.32 Å². The highest BCUT2D eigenvalue weighted by Gasteiger charge is 2.24. The molecule has 6 nitrogen and oxygen atoms in total. The number of esters is 1. The number of carbonyl (C=O) groups is 2. The van der Waals surface area contributed by atoms with Crippen molar-refractivity contribution >= 4 is 11.9 Å². The van der Waals surface area contributed by atoms with Crippen molar-refractivity contribution in [1.82, 2.24) is 5.32 Å². The van der Waals surface area contributed by atoms with Gasteiger partial charge in [0, 0.05) is 6.42 Å². The van der Waals surface area contributed by atoms with Crippen molar-refractivity contribution in [3.05, 3.63) is 24.3 Å². The molecule has 0 aliphatic carbocycles. The van der Waals surface area contributed by atoms with Gasteiger partial charge in [-0.2, -0.15) is 0 Å². The fourth-order valence-electron chi connectivity index (χ4n) is 7.48. The molecule has 3 N–H and O–H groups in total. The Morgan fingerprint density at radius 2 is 0.857 bits per heavy atom. The molecule has 0 fully saturated rings. The van der Waals surface area contributed by atoms with Crippen LogP contribution in [0.1, 0.15) is 258 Å². The summed E-state index contributed by atoms with van der Waals surface area (Å²) in [5, 5.41) is 23.6. The van der Waals surface area contributed by atoms with E-state index in [2.05, 4.69) is 50.4 Å². The van der Waals surface area contributed by atoms with Crippen molar-refractivity contribution in [3.63, 3.8) is 0 Å². The molecule has 0 spiro atoms. The number of hydrogen-bond acceptors (Lipinski definition) is 5. The van der Waals surface area contributed by atoms with Gasteiger partial charge in [0.15, 0.2) is 0 Å². The average Bonchev–Trinajstić information content (AvgIpc) is 3.19. The second-order valence-electron chi connectivity index (χ2n) is 16.9. The molecule has 0 rings (SSSR count). The summed E-state index contributed by atoms with van der Waals surface area (Å²) in [4.78, 5) is 26.0. The zero-order valence-electron chi connectivity index (χ0n) is 37.5. The maximum atomic E-state index is 13.1. The van der Waals surface area contributed by atoms with Crippen molar-refractivity contribution in [2.45, 2.75) is 277 Å². The van der Waals surface area contributed by atoms with Crippen molar-refractivity contribution in [2.24, 2.45) is 0 Å². The Balaban J connectivity index is 4.50. The first kappa shape index (κ1) is 54.3. The van der Waals surface area contributed by atoms with Crippen molar-refractivity contribution < 1.29 is 24.5 Å². The third kappa shape index (κ3) is 39.2. The smallest absolute Gasteiger partial charge is 0.306 e. The maximum absolute atomic E-state index is 13.1. The largest absolute Gasteiger partial charge is 0.462 e. The highest BCUT2D eigenvalue weighted by molar-refractivity contribution is 5.77. The molecule has 0 aliphatic heterocycles. The van der Waals surface area contributed by atoms with E-state index in [0.29, 0.717) is 19.3 Å². The molecule has 330 valence electrons. The summed E-state index contributed by atoms with van der Waals surface area (Å²) >= 11 is 0. The standard InChI is InChI=1S/C50H95NO5/c1-4-7-10-13-16-19-22-23-24-25-26-27-28-31-34-37-40-43-50(55)56-46(41-38-35-32-29-20-17-14-11-8-5-2)44-49(54)51-47(45-52)48(53)42-39-36-33-30-21-18-15-12-9-6-3/h17,20,23-24,46-48,52-53H,4-16,18-19,21-22,25-45H2,1-3H3,(H,51,54)/b20-17-,24-23+. The number of unbranched alkanes of at least 4 members (excludes halogenated alkanes) is 28. The molecular formula is C50H95NO5. The summed E-state index contributed by atoms with van der Waals surface area (Å²) in [6.45, 7) is 6.44. The van der Waals surface area contributed by atoms with Gasteiger partial charge in [0.2, 0.25) is 5.91 Å². The topological polar surface area (TPSA) is 95.9 Å². The van der Waals surface area contributed by atoms with Crippen LogP contribution >= 0.6 is 0 Å². The van der Waals surface area contributed by atoms with Gasteiger partial charge in [0.05, 0.1) is 25.2 Å². The van der Waals surface area contributed by atoms with Crippen LogP contribution in [0, 0.1) is 0 Å². The van der Waals surface area contributed by atoms with Gasteiger partial charge in [-0.05, 0) is 77.0 Å². The third-order valence-corrected chi connectivity index (χ3v) is 11.3. The molecule has 0 aliphatic rings. The first-order chi connectivity index (χ1) is 27.5. The summed E-state index contributed by atoms with van der Waals surface area (Å²) in [6, 6.07) is -0.701. The Kier molecular flexibility index (Phi) is 43.1. The van der Waals surface area contributed by atoms with Gasteiger partial charge in [0.1, 0.15) is 6.10 Å². The normalized spacial score (nSPS) is 13.4. The molecule has 0 bridgehead atoms. The molecule has 0 aromatic carbocycles. The number of rotatable bonds is 44. The molecule has 0 aromatic rings. The molecule has 0 heterocycles. The number of amides is 1. The van der Waals surface area contributed by atoms with E-state index >= 15 is 0 Å². The van der Waals surface area contributed by atoms with Gasteiger partial charge in [-0.15, -0.1) is 0 Å². The minimum atomic E-state index is -0.787. The maximum Gasteiger partial charge on any atom is 0.306 e. The Hall–Kier alpha value is -1.66. The van der Waals surface area contributed by atoms with Crippen LogP contribution in [0.2, 0.25) is 0 Å². The number of allylic oxidation sites excluding steroid dienone is 4. The van der Waals surface area contributed by atoms with Crippen LogP contribution in [0.15, 0.2) is 24.3 Å². The quantitative estimate of drug-likeness (QED) is 0.0324. The van der Waals surface area contributed by atoms with E-state index in [0.717, 1.165) is 70.6 Å². The van der Waals surface area contributed by atoms with Gasteiger partial charge in [0.25, 0.3) is 0 Å². The van der Waals surface area contributed by atoms with Gasteiger partial charge in [-0.1, -0.05) is 193 Å². The number of ether oxygens (including phenoxy) is 1. The molecule has 0 saturated heterocycles. The predicted octanol–water partition coefficient (Wildman–Crippen LogP) is 14.3. The second-order valence-corrected chi connectivity index (χ2v) is 16.9.